The molecule has 0 saturated carbocycles. The summed E-state index contributed by atoms with van der Waals surface area (Å²) in [5, 5.41) is 10.2. The Morgan fingerprint density at radius 2 is 1.85 bits per heavy atom. The molecule has 3 fully saturated rings. The average molecular weight is 552 g/mol. The summed E-state index contributed by atoms with van der Waals surface area (Å²) in [6.07, 6.45) is 6.70. The minimum absolute atomic E-state index is 0.0699. The van der Waals surface area contributed by atoms with Crippen molar-refractivity contribution in [1.29, 1.82) is 0 Å². The molecule has 3 aliphatic rings. The molecule has 3 saturated heterocycles. The molecule has 218 valence electrons. The Morgan fingerprint density at radius 1 is 1.18 bits per heavy atom. The van der Waals surface area contributed by atoms with Crippen LogP contribution in [0.25, 0.3) is 0 Å². The quantitative estimate of drug-likeness (QED) is 0.298. The van der Waals surface area contributed by atoms with Crippen molar-refractivity contribution in [1.82, 2.24) is 9.80 Å². The van der Waals surface area contributed by atoms with Crippen LogP contribution in [0.4, 0.5) is 5.69 Å². The van der Waals surface area contributed by atoms with Crippen LogP contribution >= 0.6 is 0 Å². The zero-order valence-electron chi connectivity index (χ0n) is 24.4. The number of benzene rings is 1. The van der Waals surface area contributed by atoms with E-state index in [1.165, 1.54) is 4.90 Å². The predicted molar refractivity (Wildman–Crippen MR) is 155 cm³/mol. The van der Waals surface area contributed by atoms with Crippen LogP contribution in [0.5, 0.6) is 0 Å². The SMILES string of the molecule is C=CCN(CCCCC)C(=O)C1N([C@H](C)CO)C(=O)[C@@H]2[C@H](C(=O)N(CC=C)c3ccccc3)[C@@]3(C)OC12CC3C. The van der Waals surface area contributed by atoms with Crippen molar-refractivity contribution in [3.05, 3.63) is 55.6 Å². The number of likely N-dealkylation sites (tertiary alicyclic amines) is 1. The number of para-hydroxylation sites is 1. The van der Waals surface area contributed by atoms with Crippen molar-refractivity contribution in [2.75, 3.05) is 31.1 Å². The number of fused-ring (bicyclic) bond motifs is 1. The van der Waals surface area contributed by atoms with Crippen LogP contribution in [0.2, 0.25) is 0 Å². The molecule has 0 aliphatic carbocycles. The van der Waals surface area contributed by atoms with E-state index in [0.29, 0.717) is 25.2 Å². The first kappa shape index (κ1) is 30.0. The standard InChI is InChI=1S/C32H45N3O5/c1-7-10-14-19-33(17-8-2)30(39)27-32-20-22(4)31(6,40-32)25(26(32)29(38)35(27)23(5)21-36)28(37)34(18-9-3)24-15-12-11-13-16-24/h8-9,11-13,15-16,22-23,25-27,36H,2-3,7,10,14,17-21H2,1,4-6H3/t22?,23-,25-,26+,27?,31+,32?/m1/s1. The van der Waals surface area contributed by atoms with E-state index >= 15 is 0 Å². The van der Waals surface area contributed by atoms with E-state index < -0.39 is 35.1 Å². The van der Waals surface area contributed by atoms with Gasteiger partial charge in [0.2, 0.25) is 17.7 Å². The van der Waals surface area contributed by atoms with Crippen LogP contribution < -0.4 is 4.90 Å². The fourth-order valence-electron chi connectivity index (χ4n) is 7.29. The van der Waals surface area contributed by atoms with Crippen molar-refractivity contribution in [2.45, 2.75) is 76.7 Å². The molecule has 3 aliphatic heterocycles. The van der Waals surface area contributed by atoms with Crippen molar-refractivity contribution in [3.8, 4) is 0 Å². The summed E-state index contributed by atoms with van der Waals surface area (Å²) < 4.78 is 6.87. The fraction of sp³-hybridized carbons (Fsp3) is 0.594. The zero-order chi connectivity index (χ0) is 29.2. The van der Waals surface area contributed by atoms with E-state index in [2.05, 4.69) is 20.1 Å². The smallest absolute Gasteiger partial charge is 0.248 e. The lowest BCUT2D eigenvalue weighted by atomic mass is 9.62. The molecule has 1 N–H and O–H groups in total. The first-order valence-corrected chi connectivity index (χ1v) is 14.6. The summed E-state index contributed by atoms with van der Waals surface area (Å²) >= 11 is 0. The van der Waals surface area contributed by atoms with Crippen LogP contribution in [0, 0.1) is 17.8 Å². The largest absolute Gasteiger partial charge is 0.394 e. The van der Waals surface area contributed by atoms with Gasteiger partial charge in [0.25, 0.3) is 0 Å². The van der Waals surface area contributed by atoms with Crippen molar-refractivity contribution >= 4 is 23.4 Å². The number of ether oxygens (including phenoxy) is 1. The number of anilines is 1. The molecule has 1 spiro atoms. The molecule has 3 heterocycles. The Labute approximate surface area is 238 Å². The molecule has 1 aromatic rings. The fourth-order valence-corrected chi connectivity index (χ4v) is 7.29. The Bertz CT molecular complexity index is 1120. The second-order valence-corrected chi connectivity index (χ2v) is 11.8. The van der Waals surface area contributed by atoms with E-state index in [1.54, 1.807) is 28.9 Å². The minimum Gasteiger partial charge on any atom is -0.394 e. The van der Waals surface area contributed by atoms with E-state index in [0.717, 1.165) is 19.3 Å². The first-order valence-electron chi connectivity index (χ1n) is 14.6. The molecule has 8 nitrogen and oxygen atoms in total. The Balaban J connectivity index is 1.81. The van der Waals surface area contributed by atoms with Gasteiger partial charge in [0.1, 0.15) is 11.6 Å². The van der Waals surface area contributed by atoms with Gasteiger partial charge in [0.05, 0.1) is 30.1 Å². The van der Waals surface area contributed by atoms with Crippen molar-refractivity contribution in [3.63, 3.8) is 0 Å². The Morgan fingerprint density at radius 3 is 2.45 bits per heavy atom. The second-order valence-electron chi connectivity index (χ2n) is 11.8. The van der Waals surface area contributed by atoms with Gasteiger partial charge >= 0.3 is 0 Å². The zero-order valence-corrected chi connectivity index (χ0v) is 24.4. The number of nitrogens with zero attached hydrogens (tertiary/aromatic N) is 3. The maximum Gasteiger partial charge on any atom is 0.248 e. The third-order valence-corrected chi connectivity index (χ3v) is 9.33. The molecule has 2 bridgehead atoms. The van der Waals surface area contributed by atoms with Crippen molar-refractivity contribution < 1.29 is 24.2 Å². The van der Waals surface area contributed by atoms with Gasteiger partial charge in [-0.05, 0) is 44.7 Å². The first-order chi connectivity index (χ1) is 19.1. The van der Waals surface area contributed by atoms with Gasteiger partial charge in [-0.3, -0.25) is 14.4 Å². The summed E-state index contributed by atoms with van der Waals surface area (Å²) in [6, 6.07) is 7.82. The van der Waals surface area contributed by atoms with Crippen LogP contribution in [-0.4, -0.2) is 82.2 Å². The van der Waals surface area contributed by atoms with E-state index in [4.69, 9.17) is 4.74 Å². The highest BCUT2D eigenvalue weighted by atomic mass is 16.5. The Hall–Kier alpha value is -2.97. The summed E-state index contributed by atoms with van der Waals surface area (Å²) in [6.45, 7) is 16.4. The molecule has 8 heteroatoms. The molecule has 7 atom stereocenters. The molecule has 3 amide bonds. The molecule has 0 aromatic heterocycles. The van der Waals surface area contributed by atoms with E-state index in [-0.39, 0.29) is 36.8 Å². The maximum atomic E-state index is 14.5. The van der Waals surface area contributed by atoms with Gasteiger partial charge in [0.15, 0.2) is 0 Å². The third kappa shape index (κ3) is 4.69. The van der Waals surface area contributed by atoms with E-state index in [1.807, 2.05) is 44.2 Å². The lowest BCUT2D eigenvalue weighted by molar-refractivity contribution is -0.155. The molecule has 3 unspecified atom stereocenters. The number of hydrogen-bond acceptors (Lipinski definition) is 5. The highest BCUT2D eigenvalue weighted by Crippen LogP contribution is 2.65. The summed E-state index contributed by atoms with van der Waals surface area (Å²) in [4.78, 5) is 48.1. The van der Waals surface area contributed by atoms with Gasteiger partial charge in [-0.1, -0.05) is 57.0 Å². The van der Waals surface area contributed by atoms with Gasteiger partial charge in [-0.2, -0.15) is 0 Å². The molecule has 40 heavy (non-hydrogen) atoms. The Kier molecular flexibility index (Phi) is 8.90. The number of aliphatic hydroxyl groups is 1. The van der Waals surface area contributed by atoms with Crippen LogP contribution in [0.1, 0.15) is 53.4 Å². The van der Waals surface area contributed by atoms with Crippen LogP contribution in [0.15, 0.2) is 55.6 Å². The number of unbranched alkanes of at least 4 members (excludes halogenated alkanes) is 2. The van der Waals surface area contributed by atoms with Crippen molar-refractivity contribution in [2.24, 2.45) is 17.8 Å². The third-order valence-electron chi connectivity index (χ3n) is 9.33. The van der Waals surface area contributed by atoms with Crippen LogP contribution in [0.3, 0.4) is 0 Å². The lowest BCUT2D eigenvalue weighted by Gasteiger charge is -2.39. The highest BCUT2D eigenvalue weighted by molar-refractivity contribution is 6.03. The normalized spacial score (nSPS) is 31.1. The predicted octanol–water partition coefficient (Wildman–Crippen LogP) is 3.80. The maximum absolute atomic E-state index is 14.5. The highest BCUT2D eigenvalue weighted by Gasteiger charge is 2.80. The summed E-state index contributed by atoms with van der Waals surface area (Å²) in [7, 11) is 0. The second kappa shape index (κ2) is 11.9. The van der Waals surface area contributed by atoms with E-state index in [9.17, 15) is 19.5 Å². The number of carbonyl (C=O) groups excluding carboxylic acids is 3. The molecule has 4 rings (SSSR count). The van der Waals surface area contributed by atoms with Gasteiger partial charge in [-0.25, -0.2) is 0 Å². The number of amides is 3. The minimum atomic E-state index is -1.16. The molecular weight excluding hydrogens is 506 g/mol. The van der Waals surface area contributed by atoms with Gasteiger partial charge < -0.3 is 24.5 Å². The number of aliphatic hydroxyl groups excluding tert-OH is 1. The molecular formula is C32H45N3O5. The summed E-state index contributed by atoms with van der Waals surface area (Å²) in [5.74, 6) is -2.41. The van der Waals surface area contributed by atoms with Gasteiger partial charge in [-0.15, -0.1) is 13.2 Å². The molecule has 0 radical (unpaired) electrons. The monoisotopic (exact) mass is 551 g/mol. The number of hydrogen-bond donors (Lipinski definition) is 1. The number of carbonyl (C=O) groups is 3. The number of rotatable bonds is 13. The van der Waals surface area contributed by atoms with Gasteiger partial charge in [0, 0.05) is 25.3 Å². The van der Waals surface area contributed by atoms with Crippen LogP contribution in [-0.2, 0) is 19.1 Å². The topological polar surface area (TPSA) is 90.4 Å². The average Bonchev–Trinajstić information content (AvgIpc) is 3.47. The molecule has 1 aromatic carbocycles. The summed E-state index contributed by atoms with van der Waals surface area (Å²) in [5.41, 5.74) is -1.37. The lowest BCUT2D eigenvalue weighted by Crippen LogP contribution is -2.58.